The van der Waals surface area contributed by atoms with Crippen LogP contribution in [0.2, 0.25) is 0 Å². The average Bonchev–Trinajstić information content (AvgIpc) is 1.19. The van der Waals surface area contributed by atoms with Crippen molar-refractivity contribution in [2.45, 2.75) is 347 Å². The van der Waals surface area contributed by atoms with Crippen molar-refractivity contribution in [3.63, 3.8) is 0 Å². The maximum atomic E-state index is 13.0. The molecule has 0 aliphatic carbocycles. The average molecular weight is 1460 g/mol. The topological polar surface area (TPSA) is 231 Å². The lowest BCUT2D eigenvalue weighted by atomic mass is 10.0. The third kappa shape index (κ3) is 76.9. The molecule has 0 bridgehead atoms. The number of phosphoric acid groups is 2. The Bertz CT molecular complexity index is 2320. The third-order valence-electron chi connectivity index (χ3n) is 16.7. The second-order valence-electron chi connectivity index (χ2n) is 26.5. The van der Waals surface area contributed by atoms with Gasteiger partial charge in [0, 0.05) is 19.3 Å². The summed E-state index contributed by atoms with van der Waals surface area (Å²) in [6.45, 7) is 2.55. The molecule has 0 saturated carbocycles. The van der Waals surface area contributed by atoms with Gasteiger partial charge < -0.3 is 34.2 Å². The minimum Gasteiger partial charge on any atom is -0.463 e. The predicted molar refractivity (Wildman–Crippen MR) is 417 cm³/mol. The molecule has 16 nitrogen and oxygen atoms in total. The molecule has 18 heteroatoms. The van der Waals surface area contributed by atoms with Gasteiger partial charge in [-0.1, -0.05) is 316 Å². The zero-order valence-corrected chi connectivity index (χ0v) is 65.3. The van der Waals surface area contributed by atoms with Crippen LogP contribution in [0.1, 0.15) is 329 Å². The van der Waals surface area contributed by atoms with Gasteiger partial charge in [0.1, 0.15) is 25.4 Å². The summed E-state index contributed by atoms with van der Waals surface area (Å²) in [5.41, 5.74) is 0. The highest BCUT2D eigenvalue weighted by Crippen LogP contribution is 2.45. The first kappa shape index (κ1) is 97.0. The molecule has 0 aromatic heterocycles. The first-order chi connectivity index (χ1) is 49.2. The fourth-order valence-electron chi connectivity index (χ4n) is 10.6. The smallest absolute Gasteiger partial charge is 0.463 e. The fourth-order valence-corrected chi connectivity index (χ4v) is 12.2. The number of phosphoric ester groups is 2. The van der Waals surface area contributed by atoms with Crippen LogP contribution in [0.4, 0.5) is 0 Å². The standard InChI is InChI=1S/C83H144O16P2/c1-4-7-10-13-16-19-22-25-28-30-32-34-36-38-40-42-44-46-49-51-54-57-60-63-66-69-81(86)93-72-78(84)73-95-100(89,90)96-74-79(85)75-97-101(91,92)98-77-80(99-83(88)71-68-65-62-59-56-53-48-27-24-21-18-15-12-9-6-3)76-94-82(87)70-67-64-61-58-55-52-50-47-45-43-41-39-37-35-33-31-29-26-23-20-17-14-11-8-5-2/h7,10,16-17,19-20,25-26,28-29,32-35,38-41,44,46,78-80,84-85H,4-6,8-9,11-15,18,21-24,27,30-31,36-37,42-43,45,47-77H2,1-3H3,(H,89,90)(H,91,92)/b10-7-,19-16-,20-17-,28-25-,29-26-,34-32-,35-33-,40-38-,41-39-,46-44-. The Labute approximate surface area is 614 Å². The van der Waals surface area contributed by atoms with Crippen LogP contribution in [-0.2, 0) is 55.8 Å². The van der Waals surface area contributed by atoms with Gasteiger partial charge in [-0.05, 0) is 116 Å². The maximum absolute atomic E-state index is 13.0. The highest BCUT2D eigenvalue weighted by Gasteiger charge is 2.29. The monoisotopic (exact) mass is 1460 g/mol. The van der Waals surface area contributed by atoms with Crippen molar-refractivity contribution in [3.05, 3.63) is 122 Å². The molecule has 0 rings (SSSR count). The second-order valence-corrected chi connectivity index (χ2v) is 29.4. The number of rotatable bonds is 75. The largest absolute Gasteiger partial charge is 0.472 e. The molecule has 0 radical (unpaired) electrons. The van der Waals surface area contributed by atoms with E-state index in [9.17, 15) is 43.5 Å². The van der Waals surface area contributed by atoms with Crippen LogP contribution in [-0.4, -0.2) is 95.9 Å². The number of aliphatic hydroxyl groups excluding tert-OH is 2. The highest BCUT2D eigenvalue weighted by molar-refractivity contribution is 7.47. The predicted octanol–water partition coefficient (Wildman–Crippen LogP) is 23.3. The van der Waals surface area contributed by atoms with Crippen molar-refractivity contribution in [2.75, 3.05) is 39.6 Å². The molecule has 0 aliphatic rings. The molecule has 582 valence electrons. The Morgan fingerprint density at radius 1 is 0.287 bits per heavy atom. The van der Waals surface area contributed by atoms with E-state index in [1.165, 1.54) is 116 Å². The highest BCUT2D eigenvalue weighted by atomic mass is 31.2. The van der Waals surface area contributed by atoms with Gasteiger partial charge in [0.2, 0.25) is 0 Å². The summed E-state index contributed by atoms with van der Waals surface area (Å²) in [6.07, 6.45) is 89.4. The third-order valence-corrected chi connectivity index (χ3v) is 18.6. The van der Waals surface area contributed by atoms with Crippen LogP contribution in [0, 0.1) is 0 Å². The van der Waals surface area contributed by atoms with Crippen molar-refractivity contribution < 1.29 is 75.8 Å². The number of aliphatic hydroxyl groups is 2. The molecule has 5 unspecified atom stereocenters. The summed E-state index contributed by atoms with van der Waals surface area (Å²) < 4.78 is 61.2. The van der Waals surface area contributed by atoms with Crippen LogP contribution >= 0.6 is 15.6 Å². The molecule has 0 aromatic rings. The molecule has 0 aliphatic heterocycles. The van der Waals surface area contributed by atoms with E-state index in [1.54, 1.807) is 0 Å². The van der Waals surface area contributed by atoms with E-state index in [0.717, 1.165) is 154 Å². The quantitative estimate of drug-likeness (QED) is 0.0146. The maximum Gasteiger partial charge on any atom is 0.472 e. The summed E-state index contributed by atoms with van der Waals surface area (Å²) in [4.78, 5) is 58.7. The number of carbonyl (C=O) groups is 3. The lowest BCUT2D eigenvalue weighted by Gasteiger charge is -2.21. The van der Waals surface area contributed by atoms with Crippen LogP contribution in [0.5, 0.6) is 0 Å². The van der Waals surface area contributed by atoms with Gasteiger partial charge in [0.25, 0.3) is 0 Å². The number of allylic oxidation sites excluding steroid dienone is 20. The Hall–Kier alpha value is -4.05. The van der Waals surface area contributed by atoms with E-state index in [2.05, 4.69) is 142 Å². The molecule has 101 heavy (non-hydrogen) atoms. The number of carbonyl (C=O) groups excluding carboxylic acids is 3. The minimum absolute atomic E-state index is 0.105. The van der Waals surface area contributed by atoms with Gasteiger partial charge in [0.05, 0.1) is 26.4 Å². The van der Waals surface area contributed by atoms with Crippen molar-refractivity contribution in [3.8, 4) is 0 Å². The Balaban J connectivity index is 4.61. The van der Waals surface area contributed by atoms with Gasteiger partial charge in [-0.25, -0.2) is 9.13 Å². The van der Waals surface area contributed by atoms with Crippen LogP contribution in [0.15, 0.2) is 122 Å². The Morgan fingerprint density at radius 3 is 0.851 bits per heavy atom. The zero-order valence-electron chi connectivity index (χ0n) is 63.5. The van der Waals surface area contributed by atoms with E-state index >= 15 is 0 Å². The minimum atomic E-state index is -4.93. The summed E-state index contributed by atoms with van der Waals surface area (Å²) in [5, 5.41) is 20.6. The summed E-state index contributed by atoms with van der Waals surface area (Å²) >= 11 is 0. The van der Waals surface area contributed by atoms with Gasteiger partial charge in [0.15, 0.2) is 6.10 Å². The van der Waals surface area contributed by atoms with Crippen molar-refractivity contribution in [2.24, 2.45) is 0 Å². The van der Waals surface area contributed by atoms with Crippen molar-refractivity contribution >= 4 is 33.6 Å². The van der Waals surface area contributed by atoms with E-state index < -0.39 is 91.5 Å². The first-order valence-corrected chi connectivity index (χ1v) is 42.8. The number of ether oxygens (including phenoxy) is 3. The van der Waals surface area contributed by atoms with Crippen LogP contribution < -0.4 is 0 Å². The summed E-state index contributed by atoms with van der Waals surface area (Å²) in [6, 6.07) is 0. The number of unbranched alkanes of at least 4 members (excludes halogenated alkanes) is 32. The summed E-state index contributed by atoms with van der Waals surface area (Å²) in [7, 11) is -9.79. The van der Waals surface area contributed by atoms with E-state index in [1.807, 2.05) is 0 Å². The van der Waals surface area contributed by atoms with E-state index in [-0.39, 0.29) is 19.3 Å². The number of hydrogen-bond acceptors (Lipinski definition) is 14. The lowest BCUT2D eigenvalue weighted by molar-refractivity contribution is -0.161. The zero-order chi connectivity index (χ0) is 73.7. The molecule has 0 saturated heterocycles. The first-order valence-electron chi connectivity index (χ1n) is 39.8. The summed E-state index contributed by atoms with van der Waals surface area (Å²) in [5.74, 6) is -1.58. The van der Waals surface area contributed by atoms with Crippen LogP contribution in [0.25, 0.3) is 0 Å². The lowest BCUT2D eigenvalue weighted by Crippen LogP contribution is -2.30. The normalized spacial score (nSPS) is 14.6. The SMILES string of the molecule is CC/C=C\C/C=C\C/C=C\C/C=C\C/C=C\C/C=C\CCCCCCCCC(=O)OCC(O)COP(=O)(O)OCC(O)COP(=O)(O)OCC(COC(=O)CCCCCCCCCCC/C=C\C/C=C\C/C=C\C/C=C\CCCCC)OC(=O)CCCCCCCCCCCCCCCCC. The molecule has 0 amide bonds. The molecule has 0 aromatic carbocycles. The molecule has 0 heterocycles. The second kappa shape index (κ2) is 75.6. The molecule has 4 N–H and O–H groups in total. The molecular weight excluding hydrogens is 1310 g/mol. The number of esters is 3. The van der Waals surface area contributed by atoms with Gasteiger partial charge >= 0.3 is 33.6 Å². The molecule has 0 spiro atoms. The Morgan fingerprint density at radius 2 is 0.525 bits per heavy atom. The molecule has 5 atom stereocenters. The van der Waals surface area contributed by atoms with Gasteiger partial charge in [-0.3, -0.25) is 32.5 Å². The van der Waals surface area contributed by atoms with Crippen molar-refractivity contribution in [1.82, 2.24) is 0 Å². The molecule has 0 fully saturated rings. The fraction of sp³-hybridized carbons (Fsp3) is 0.723. The number of hydrogen-bond donors (Lipinski definition) is 4. The molecular formula is C83H144O16P2. The Kier molecular flexibility index (Phi) is 72.6. The van der Waals surface area contributed by atoms with E-state index in [4.69, 9.17) is 32.3 Å². The van der Waals surface area contributed by atoms with Gasteiger partial charge in [-0.2, -0.15) is 0 Å². The van der Waals surface area contributed by atoms with Crippen molar-refractivity contribution in [1.29, 1.82) is 0 Å². The van der Waals surface area contributed by atoms with Gasteiger partial charge in [-0.15, -0.1) is 0 Å². The van der Waals surface area contributed by atoms with E-state index in [0.29, 0.717) is 19.3 Å². The van der Waals surface area contributed by atoms with Crippen LogP contribution in [0.3, 0.4) is 0 Å².